The van der Waals surface area contributed by atoms with Gasteiger partial charge in [-0.1, -0.05) is 6.92 Å². The van der Waals surface area contributed by atoms with E-state index in [0.29, 0.717) is 32.2 Å². The molecule has 0 spiro atoms. The van der Waals surface area contributed by atoms with Crippen molar-refractivity contribution in [2.75, 3.05) is 26.2 Å². The molecule has 8 nitrogen and oxygen atoms in total. The minimum absolute atomic E-state index is 0. The molecular formula is C11H25ClN4O4S2. The Morgan fingerprint density at radius 3 is 1.64 bits per heavy atom. The van der Waals surface area contributed by atoms with E-state index in [0.717, 1.165) is 5.92 Å². The van der Waals surface area contributed by atoms with Gasteiger partial charge in [-0.3, -0.25) is 4.90 Å². The van der Waals surface area contributed by atoms with E-state index in [4.69, 9.17) is 10.3 Å². The van der Waals surface area contributed by atoms with E-state index >= 15 is 0 Å². The Morgan fingerprint density at radius 2 is 1.41 bits per heavy atom. The molecule has 0 aromatic heterocycles. The first-order valence-corrected chi connectivity index (χ1v) is 10.3. The highest BCUT2D eigenvalue weighted by atomic mass is 35.5. The lowest BCUT2D eigenvalue weighted by molar-refractivity contribution is 0.0403. The van der Waals surface area contributed by atoms with Gasteiger partial charge in [0.25, 0.3) is 0 Å². The van der Waals surface area contributed by atoms with Gasteiger partial charge in [0.1, 0.15) is 5.25 Å². The van der Waals surface area contributed by atoms with E-state index < -0.39 is 20.0 Å². The van der Waals surface area contributed by atoms with Gasteiger partial charge in [-0.25, -0.2) is 27.1 Å². The molecule has 0 unspecified atom stereocenters. The Balaban J connectivity index is 0.000000234. The number of halogens is 1. The molecule has 2 aliphatic heterocycles. The minimum Gasteiger partial charge on any atom is -0.314 e. The van der Waals surface area contributed by atoms with Gasteiger partial charge in [0, 0.05) is 32.2 Å². The van der Waals surface area contributed by atoms with Gasteiger partial charge < -0.3 is 5.32 Å². The molecule has 0 aromatic carbocycles. The number of sulfonamides is 2. The summed E-state index contributed by atoms with van der Waals surface area (Å²) in [5, 5.41) is 12.0. The van der Waals surface area contributed by atoms with Crippen LogP contribution in [0.25, 0.3) is 0 Å². The standard InChI is InChI=1S/C8H16N2O2S.C3H8N2O2S.ClH/c1-6-2-7(3-6)10-4-8(5-10)13(9,11)12;4-8(6,7)3-1-5-2-3;/h6-8H,2-5H2,1H3,(H2,9,11,12);3,5H,1-2H2,(H2,4,6,7);1H. The van der Waals surface area contributed by atoms with Crippen LogP contribution in [0, 0.1) is 5.92 Å². The van der Waals surface area contributed by atoms with Crippen molar-refractivity contribution in [3.63, 3.8) is 0 Å². The predicted molar refractivity (Wildman–Crippen MR) is 87.7 cm³/mol. The van der Waals surface area contributed by atoms with Gasteiger partial charge in [-0.05, 0) is 18.8 Å². The van der Waals surface area contributed by atoms with Crippen molar-refractivity contribution in [2.24, 2.45) is 16.2 Å². The zero-order valence-corrected chi connectivity index (χ0v) is 15.0. The van der Waals surface area contributed by atoms with Crippen molar-refractivity contribution in [1.29, 1.82) is 0 Å². The molecule has 3 aliphatic rings. The molecule has 5 N–H and O–H groups in total. The van der Waals surface area contributed by atoms with Crippen LogP contribution < -0.4 is 15.6 Å². The van der Waals surface area contributed by atoms with Crippen molar-refractivity contribution >= 4 is 32.5 Å². The van der Waals surface area contributed by atoms with E-state index in [1.54, 1.807) is 0 Å². The summed E-state index contributed by atoms with van der Waals surface area (Å²) in [5.74, 6) is 0.818. The average Bonchev–Trinajstić information content (AvgIpc) is 2.04. The number of rotatable bonds is 3. The highest BCUT2D eigenvalue weighted by Gasteiger charge is 2.42. The maximum absolute atomic E-state index is 10.9. The van der Waals surface area contributed by atoms with Crippen LogP contribution in [0.2, 0.25) is 0 Å². The largest absolute Gasteiger partial charge is 0.314 e. The second kappa shape index (κ2) is 7.29. The Labute approximate surface area is 138 Å². The van der Waals surface area contributed by atoms with Crippen LogP contribution in [0.5, 0.6) is 0 Å². The number of primary sulfonamides is 2. The van der Waals surface area contributed by atoms with Gasteiger partial charge in [0.15, 0.2) is 0 Å². The Hall–Kier alpha value is 0.0300. The maximum atomic E-state index is 10.9. The monoisotopic (exact) mass is 376 g/mol. The third kappa shape index (κ3) is 5.02. The topological polar surface area (TPSA) is 136 Å². The molecule has 132 valence electrons. The van der Waals surface area contributed by atoms with Crippen LogP contribution in [0.3, 0.4) is 0 Å². The average molecular weight is 377 g/mol. The fraction of sp³-hybridized carbons (Fsp3) is 1.00. The Kier molecular flexibility index (Phi) is 6.65. The fourth-order valence-electron chi connectivity index (χ4n) is 2.63. The van der Waals surface area contributed by atoms with Crippen LogP contribution in [0.1, 0.15) is 19.8 Å². The lowest BCUT2D eigenvalue weighted by Crippen LogP contribution is -2.62. The number of hydrogen-bond donors (Lipinski definition) is 3. The van der Waals surface area contributed by atoms with Crippen molar-refractivity contribution in [3.05, 3.63) is 0 Å². The third-order valence-corrected chi connectivity index (χ3v) is 6.90. The molecule has 1 aliphatic carbocycles. The number of nitrogens with one attached hydrogen (secondary N) is 1. The molecule has 0 aromatic rings. The van der Waals surface area contributed by atoms with Crippen molar-refractivity contribution < 1.29 is 16.8 Å². The Morgan fingerprint density at radius 1 is 0.955 bits per heavy atom. The van der Waals surface area contributed by atoms with Gasteiger partial charge in [-0.15, -0.1) is 12.4 Å². The van der Waals surface area contributed by atoms with Crippen LogP contribution >= 0.6 is 12.4 Å². The second-order valence-corrected chi connectivity index (χ2v) is 9.95. The summed E-state index contributed by atoms with van der Waals surface area (Å²) < 4.78 is 42.5. The highest BCUT2D eigenvalue weighted by molar-refractivity contribution is 7.90. The van der Waals surface area contributed by atoms with E-state index in [1.165, 1.54) is 12.8 Å². The first kappa shape index (κ1) is 20.1. The molecule has 3 fully saturated rings. The summed E-state index contributed by atoms with van der Waals surface area (Å²) in [5.41, 5.74) is 0. The molecule has 11 heteroatoms. The van der Waals surface area contributed by atoms with Gasteiger partial charge >= 0.3 is 0 Å². The summed E-state index contributed by atoms with van der Waals surface area (Å²) in [6.07, 6.45) is 2.44. The van der Waals surface area contributed by atoms with E-state index in [9.17, 15) is 16.8 Å². The number of nitrogens with two attached hydrogens (primary N) is 2. The van der Waals surface area contributed by atoms with E-state index in [-0.39, 0.29) is 22.9 Å². The lowest BCUT2D eigenvalue weighted by Gasteiger charge is -2.49. The second-order valence-electron chi connectivity index (χ2n) is 6.26. The first-order valence-electron chi connectivity index (χ1n) is 7.05. The van der Waals surface area contributed by atoms with Crippen LogP contribution in [0.4, 0.5) is 0 Å². The molecule has 2 saturated heterocycles. The zero-order chi connectivity index (χ0) is 15.8. The quantitative estimate of drug-likeness (QED) is 0.544. The molecular weight excluding hydrogens is 352 g/mol. The van der Waals surface area contributed by atoms with Gasteiger partial charge in [0.2, 0.25) is 20.0 Å². The van der Waals surface area contributed by atoms with Crippen molar-refractivity contribution in [1.82, 2.24) is 10.2 Å². The lowest BCUT2D eigenvalue weighted by atomic mass is 9.79. The number of hydrogen-bond acceptors (Lipinski definition) is 6. The molecule has 0 bridgehead atoms. The molecule has 22 heavy (non-hydrogen) atoms. The summed E-state index contributed by atoms with van der Waals surface area (Å²) in [4.78, 5) is 2.23. The first-order chi connectivity index (χ1) is 9.57. The predicted octanol–water partition coefficient (Wildman–Crippen LogP) is -1.57. The SMILES string of the molecule is CC1CC(N2CC(S(N)(=O)=O)C2)C1.Cl.NS(=O)(=O)C1CNC1. The number of nitrogens with zero attached hydrogens (tertiary/aromatic N) is 1. The summed E-state index contributed by atoms with van der Waals surface area (Å²) >= 11 is 0. The Bertz CT molecular complexity index is 567. The van der Waals surface area contributed by atoms with Crippen LogP contribution in [-0.2, 0) is 20.0 Å². The van der Waals surface area contributed by atoms with E-state index in [1.807, 2.05) is 0 Å². The smallest absolute Gasteiger partial charge is 0.214 e. The van der Waals surface area contributed by atoms with Crippen molar-refractivity contribution in [2.45, 2.75) is 36.3 Å². The zero-order valence-electron chi connectivity index (χ0n) is 12.5. The van der Waals surface area contributed by atoms with E-state index in [2.05, 4.69) is 17.1 Å². The highest BCUT2D eigenvalue weighted by Crippen LogP contribution is 2.34. The molecule has 1 saturated carbocycles. The normalized spacial score (nSPS) is 30.0. The summed E-state index contributed by atoms with van der Waals surface area (Å²) in [6, 6.07) is 0.632. The summed E-state index contributed by atoms with van der Waals surface area (Å²) in [6.45, 7) is 4.55. The molecule has 0 radical (unpaired) electrons. The van der Waals surface area contributed by atoms with Gasteiger partial charge in [0.05, 0.1) is 5.25 Å². The third-order valence-electron chi connectivity index (χ3n) is 4.41. The maximum Gasteiger partial charge on any atom is 0.214 e. The van der Waals surface area contributed by atoms with Gasteiger partial charge in [-0.2, -0.15) is 0 Å². The number of likely N-dealkylation sites (tertiary alicyclic amines) is 1. The molecule has 0 amide bonds. The fourth-order valence-corrected chi connectivity index (χ4v) is 4.13. The molecule has 3 rings (SSSR count). The summed E-state index contributed by atoms with van der Waals surface area (Å²) in [7, 11) is -6.50. The minimum atomic E-state index is -3.27. The van der Waals surface area contributed by atoms with Crippen LogP contribution in [-0.4, -0.2) is 64.5 Å². The molecule has 0 atom stereocenters. The van der Waals surface area contributed by atoms with Crippen LogP contribution in [0.15, 0.2) is 0 Å². The molecule has 2 heterocycles. The van der Waals surface area contributed by atoms with Crippen molar-refractivity contribution in [3.8, 4) is 0 Å².